The van der Waals surface area contributed by atoms with Crippen molar-refractivity contribution in [2.45, 2.75) is 25.6 Å². The smallest absolute Gasteiger partial charge is 0.246 e. The number of fused-ring (bicyclic) bond motifs is 1. The Morgan fingerprint density at radius 1 is 1.14 bits per heavy atom. The van der Waals surface area contributed by atoms with Crippen molar-refractivity contribution in [2.24, 2.45) is 0 Å². The Morgan fingerprint density at radius 3 is 2.79 bits per heavy atom. The zero-order chi connectivity index (χ0) is 18.9. The van der Waals surface area contributed by atoms with E-state index in [4.69, 9.17) is 9.26 Å². The molecule has 5 rings (SSSR count). The number of benzene rings is 2. The molecular formula is C21H22ClN5O2. The first-order valence-corrected chi connectivity index (χ1v) is 9.46. The molecule has 4 aromatic rings. The second kappa shape index (κ2) is 8.32. The molecule has 29 heavy (non-hydrogen) atoms. The highest BCUT2D eigenvalue weighted by molar-refractivity contribution is 5.85. The highest BCUT2D eigenvalue weighted by Gasteiger charge is 2.28. The molecule has 1 N–H and O–H groups in total. The van der Waals surface area contributed by atoms with Crippen LogP contribution in [0.1, 0.15) is 24.4 Å². The van der Waals surface area contributed by atoms with E-state index < -0.39 is 0 Å². The average Bonchev–Trinajstić information content (AvgIpc) is 3.37. The maximum atomic E-state index is 5.66. The van der Waals surface area contributed by atoms with E-state index >= 15 is 0 Å². The quantitative estimate of drug-likeness (QED) is 0.552. The van der Waals surface area contributed by atoms with Crippen LogP contribution in [0.2, 0.25) is 0 Å². The van der Waals surface area contributed by atoms with Gasteiger partial charge in [-0.15, -0.1) is 12.4 Å². The van der Waals surface area contributed by atoms with Crippen LogP contribution in [0.15, 0.2) is 59.4 Å². The summed E-state index contributed by atoms with van der Waals surface area (Å²) in [6, 6.07) is 16.3. The van der Waals surface area contributed by atoms with Gasteiger partial charge >= 0.3 is 0 Å². The molecule has 1 fully saturated rings. The molecule has 3 heterocycles. The van der Waals surface area contributed by atoms with E-state index in [1.54, 1.807) is 0 Å². The van der Waals surface area contributed by atoms with Gasteiger partial charge in [-0.05, 0) is 24.6 Å². The van der Waals surface area contributed by atoms with Crippen molar-refractivity contribution in [2.75, 3.05) is 13.2 Å². The summed E-state index contributed by atoms with van der Waals surface area (Å²) in [5.74, 6) is 1.16. The normalized spacial score (nSPS) is 19.2. The lowest BCUT2D eigenvalue weighted by molar-refractivity contribution is -0.00136. The summed E-state index contributed by atoms with van der Waals surface area (Å²) in [4.78, 5) is 9.01. The fourth-order valence-electron chi connectivity index (χ4n) is 3.58. The average molecular weight is 412 g/mol. The molecule has 8 heteroatoms. The Hall–Kier alpha value is -2.74. The monoisotopic (exact) mass is 411 g/mol. The van der Waals surface area contributed by atoms with Crippen molar-refractivity contribution in [1.82, 2.24) is 25.0 Å². The van der Waals surface area contributed by atoms with Crippen LogP contribution in [0.5, 0.6) is 0 Å². The summed E-state index contributed by atoms with van der Waals surface area (Å²) in [5, 5.41) is 7.51. The fourth-order valence-corrected chi connectivity index (χ4v) is 3.58. The van der Waals surface area contributed by atoms with Crippen LogP contribution in [0.4, 0.5) is 0 Å². The number of morpholine rings is 1. The third-order valence-corrected chi connectivity index (χ3v) is 5.12. The molecular weight excluding hydrogens is 390 g/mol. The van der Waals surface area contributed by atoms with Crippen molar-refractivity contribution in [3.63, 3.8) is 0 Å². The first-order chi connectivity index (χ1) is 13.8. The van der Waals surface area contributed by atoms with Crippen molar-refractivity contribution in [3.8, 4) is 11.4 Å². The second-order valence-electron chi connectivity index (χ2n) is 7.02. The van der Waals surface area contributed by atoms with Crippen LogP contribution in [-0.4, -0.2) is 38.9 Å². The molecule has 1 aliphatic heterocycles. The summed E-state index contributed by atoms with van der Waals surface area (Å²) in [6.45, 7) is 4.26. The van der Waals surface area contributed by atoms with E-state index in [9.17, 15) is 0 Å². The molecule has 2 atom stereocenters. The van der Waals surface area contributed by atoms with Gasteiger partial charge in [0.1, 0.15) is 6.04 Å². The maximum absolute atomic E-state index is 5.66. The molecule has 0 saturated carbocycles. The van der Waals surface area contributed by atoms with Crippen LogP contribution in [-0.2, 0) is 11.3 Å². The van der Waals surface area contributed by atoms with Gasteiger partial charge in [-0.3, -0.25) is 0 Å². The highest BCUT2D eigenvalue weighted by atomic mass is 35.5. The lowest BCUT2D eigenvalue weighted by Crippen LogP contribution is -2.40. The van der Waals surface area contributed by atoms with E-state index in [2.05, 4.69) is 43.2 Å². The topological polar surface area (TPSA) is 78.0 Å². The summed E-state index contributed by atoms with van der Waals surface area (Å²) in [6.07, 6.45) is 1.89. The van der Waals surface area contributed by atoms with Gasteiger partial charge in [-0.25, -0.2) is 4.98 Å². The Kier molecular flexibility index (Phi) is 5.62. The van der Waals surface area contributed by atoms with Crippen molar-refractivity contribution >= 4 is 23.4 Å². The number of ether oxygens (including phenoxy) is 1. The number of halogens is 1. The van der Waals surface area contributed by atoms with Gasteiger partial charge in [0, 0.05) is 18.7 Å². The first-order valence-electron chi connectivity index (χ1n) is 9.46. The molecule has 0 aliphatic carbocycles. The molecule has 0 amide bonds. The molecule has 1 saturated heterocycles. The fraction of sp³-hybridized carbons (Fsp3) is 0.286. The van der Waals surface area contributed by atoms with Gasteiger partial charge in [-0.1, -0.05) is 41.6 Å². The van der Waals surface area contributed by atoms with Crippen LogP contribution in [0.25, 0.3) is 22.4 Å². The molecule has 0 spiro atoms. The zero-order valence-electron chi connectivity index (χ0n) is 16.0. The standard InChI is InChI=1S/C21H21N5O2.ClH/c1-14-19(22-10-11-27-14)21-24-20(25-28-21)16-8-6-15(7-9-16)12-26-13-23-17-4-2-3-5-18(17)26;/h2-9,13-14,19,22H,10-12H2,1H3;1H/t14-,19+;/m1./s1. The summed E-state index contributed by atoms with van der Waals surface area (Å²) in [5.41, 5.74) is 4.25. The van der Waals surface area contributed by atoms with Gasteiger partial charge in [0.25, 0.3) is 0 Å². The maximum Gasteiger partial charge on any atom is 0.246 e. The van der Waals surface area contributed by atoms with E-state index in [-0.39, 0.29) is 24.6 Å². The Balaban J connectivity index is 0.00000205. The Labute approximate surface area is 174 Å². The highest BCUT2D eigenvalue weighted by Crippen LogP contribution is 2.24. The number of aromatic nitrogens is 4. The predicted octanol–water partition coefficient (Wildman–Crippen LogP) is 3.61. The molecule has 7 nitrogen and oxygen atoms in total. The molecule has 0 radical (unpaired) electrons. The Bertz CT molecular complexity index is 1090. The number of nitrogens with zero attached hydrogens (tertiary/aromatic N) is 4. The first kappa shape index (κ1) is 19.6. The molecule has 1 aliphatic rings. The number of hydrogen-bond donors (Lipinski definition) is 1. The molecule has 2 aromatic carbocycles. The molecule has 150 valence electrons. The number of nitrogens with one attached hydrogen (secondary N) is 1. The van der Waals surface area contributed by atoms with Crippen molar-refractivity contribution < 1.29 is 9.26 Å². The summed E-state index contributed by atoms with van der Waals surface area (Å²) >= 11 is 0. The second-order valence-corrected chi connectivity index (χ2v) is 7.02. The molecule has 2 aromatic heterocycles. The molecule has 0 unspecified atom stereocenters. The van der Waals surface area contributed by atoms with Crippen molar-refractivity contribution in [1.29, 1.82) is 0 Å². The third kappa shape index (κ3) is 3.89. The summed E-state index contributed by atoms with van der Waals surface area (Å²) < 4.78 is 13.3. The SMILES string of the molecule is C[C@H]1OCCN[C@@H]1c1nc(-c2ccc(Cn3cnc4ccccc43)cc2)no1.Cl. The van der Waals surface area contributed by atoms with Gasteiger partial charge < -0.3 is 19.1 Å². The lowest BCUT2D eigenvalue weighted by Gasteiger charge is -2.27. The summed E-state index contributed by atoms with van der Waals surface area (Å²) in [7, 11) is 0. The van der Waals surface area contributed by atoms with Gasteiger partial charge in [0.2, 0.25) is 11.7 Å². The van der Waals surface area contributed by atoms with Crippen LogP contribution < -0.4 is 5.32 Å². The van der Waals surface area contributed by atoms with Gasteiger partial charge in [-0.2, -0.15) is 4.98 Å². The van der Waals surface area contributed by atoms with Crippen LogP contribution in [0.3, 0.4) is 0 Å². The lowest BCUT2D eigenvalue weighted by atomic mass is 10.1. The minimum atomic E-state index is -0.0659. The van der Waals surface area contributed by atoms with Gasteiger partial charge in [0.15, 0.2) is 0 Å². The van der Waals surface area contributed by atoms with Crippen LogP contribution >= 0.6 is 12.4 Å². The van der Waals surface area contributed by atoms with E-state index in [0.717, 1.165) is 29.7 Å². The zero-order valence-corrected chi connectivity index (χ0v) is 16.8. The Morgan fingerprint density at radius 2 is 1.97 bits per heavy atom. The number of para-hydroxylation sites is 2. The van der Waals surface area contributed by atoms with E-state index in [1.165, 1.54) is 5.56 Å². The number of hydrogen-bond acceptors (Lipinski definition) is 6. The van der Waals surface area contributed by atoms with Crippen LogP contribution in [0, 0.1) is 0 Å². The largest absolute Gasteiger partial charge is 0.375 e. The van der Waals surface area contributed by atoms with E-state index in [0.29, 0.717) is 18.3 Å². The van der Waals surface area contributed by atoms with Gasteiger partial charge in [0.05, 0.1) is 30.1 Å². The third-order valence-electron chi connectivity index (χ3n) is 5.12. The predicted molar refractivity (Wildman–Crippen MR) is 112 cm³/mol. The van der Waals surface area contributed by atoms with Crippen molar-refractivity contribution in [3.05, 3.63) is 66.3 Å². The number of imidazole rings is 1. The molecule has 0 bridgehead atoms. The number of rotatable bonds is 4. The minimum Gasteiger partial charge on any atom is -0.375 e. The minimum absolute atomic E-state index is 0. The van der Waals surface area contributed by atoms with E-state index in [1.807, 2.05) is 43.6 Å².